The summed E-state index contributed by atoms with van der Waals surface area (Å²) < 4.78 is 21.6. The summed E-state index contributed by atoms with van der Waals surface area (Å²) in [4.78, 5) is 26.2. The average molecular weight is 402 g/mol. The van der Waals surface area contributed by atoms with Crippen LogP contribution >= 0.6 is 0 Å². The Kier molecular flexibility index (Phi) is 6.53. The summed E-state index contributed by atoms with van der Waals surface area (Å²) in [6, 6.07) is 6.58. The van der Waals surface area contributed by atoms with E-state index in [0.717, 1.165) is 17.0 Å². The van der Waals surface area contributed by atoms with Gasteiger partial charge in [-0.2, -0.15) is 0 Å². The molecule has 156 valence electrons. The van der Waals surface area contributed by atoms with E-state index < -0.39 is 5.97 Å². The number of carbonyl (C=O) groups excluding carboxylic acids is 2. The lowest BCUT2D eigenvalue weighted by Gasteiger charge is -2.35. The first-order valence-electron chi connectivity index (χ1n) is 9.58. The van der Waals surface area contributed by atoms with Crippen LogP contribution in [0.15, 0.2) is 28.8 Å². The molecule has 8 heteroatoms. The van der Waals surface area contributed by atoms with Gasteiger partial charge in [-0.05, 0) is 52.0 Å². The van der Waals surface area contributed by atoms with E-state index in [0.29, 0.717) is 31.0 Å². The molecule has 1 aromatic heterocycles. The first kappa shape index (κ1) is 20.9. The number of amides is 1. The molecule has 0 radical (unpaired) electrons. The summed E-state index contributed by atoms with van der Waals surface area (Å²) >= 11 is 0. The van der Waals surface area contributed by atoms with Gasteiger partial charge in [-0.1, -0.05) is 5.16 Å². The number of hydrogen-bond donors (Lipinski definition) is 0. The van der Waals surface area contributed by atoms with Gasteiger partial charge in [-0.25, -0.2) is 4.79 Å². The predicted octanol–water partition coefficient (Wildman–Crippen LogP) is 2.66. The highest BCUT2D eigenvalue weighted by Gasteiger charge is 2.26. The zero-order chi connectivity index (χ0) is 21.0. The summed E-state index contributed by atoms with van der Waals surface area (Å²) in [6.45, 7) is 8.55. The molecule has 1 aliphatic heterocycles. The van der Waals surface area contributed by atoms with Gasteiger partial charge in [0.15, 0.2) is 6.61 Å². The molecule has 0 bridgehead atoms. The van der Waals surface area contributed by atoms with E-state index in [-0.39, 0.29) is 24.7 Å². The van der Waals surface area contributed by atoms with Gasteiger partial charge in [0.25, 0.3) is 5.91 Å². The third-order valence-corrected chi connectivity index (χ3v) is 4.75. The van der Waals surface area contributed by atoms with E-state index in [9.17, 15) is 9.59 Å². The highest BCUT2D eigenvalue weighted by atomic mass is 16.5. The first-order chi connectivity index (χ1) is 13.8. The number of ether oxygens (including phenoxy) is 3. The van der Waals surface area contributed by atoms with Gasteiger partial charge in [0.05, 0.1) is 29.0 Å². The molecule has 0 unspecified atom stereocenters. The molecule has 8 nitrogen and oxygen atoms in total. The second kappa shape index (κ2) is 9.09. The monoisotopic (exact) mass is 402 g/mol. The van der Waals surface area contributed by atoms with Crippen LogP contribution < -0.4 is 4.74 Å². The summed E-state index contributed by atoms with van der Waals surface area (Å²) in [6.07, 6.45) is -0.0623. The first-order valence-corrected chi connectivity index (χ1v) is 9.58. The van der Waals surface area contributed by atoms with Crippen LogP contribution in [-0.4, -0.2) is 53.8 Å². The number of hydrogen-bond acceptors (Lipinski definition) is 7. The van der Waals surface area contributed by atoms with Crippen molar-refractivity contribution in [3.63, 3.8) is 0 Å². The minimum absolute atomic E-state index is 0.0312. The number of nitrogens with zero attached hydrogens (tertiary/aromatic N) is 2. The van der Waals surface area contributed by atoms with Crippen LogP contribution in [0.4, 0.5) is 0 Å². The molecule has 1 fully saturated rings. The summed E-state index contributed by atoms with van der Waals surface area (Å²) in [5.41, 5.74) is 2.04. The fourth-order valence-electron chi connectivity index (χ4n) is 3.23. The van der Waals surface area contributed by atoms with Gasteiger partial charge in [0.1, 0.15) is 18.1 Å². The predicted molar refractivity (Wildman–Crippen MR) is 104 cm³/mol. The van der Waals surface area contributed by atoms with Gasteiger partial charge in [-0.15, -0.1) is 0 Å². The Morgan fingerprint density at radius 2 is 1.79 bits per heavy atom. The molecule has 2 atom stereocenters. The van der Waals surface area contributed by atoms with Gasteiger partial charge in [-0.3, -0.25) is 4.79 Å². The summed E-state index contributed by atoms with van der Waals surface area (Å²) in [5.74, 6) is 0.551. The lowest BCUT2D eigenvalue weighted by atomic mass is 10.2. The van der Waals surface area contributed by atoms with Crippen LogP contribution in [0.3, 0.4) is 0 Å². The van der Waals surface area contributed by atoms with Crippen molar-refractivity contribution in [2.24, 2.45) is 0 Å². The summed E-state index contributed by atoms with van der Waals surface area (Å²) in [7, 11) is 0. The lowest BCUT2D eigenvalue weighted by Crippen LogP contribution is -2.49. The Labute approximate surface area is 169 Å². The van der Waals surface area contributed by atoms with Gasteiger partial charge in [0, 0.05) is 13.1 Å². The number of rotatable bonds is 6. The number of carbonyl (C=O) groups is 2. The Morgan fingerprint density at radius 1 is 1.14 bits per heavy atom. The minimum atomic E-state index is -0.551. The van der Waals surface area contributed by atoms with E-state index in [4.69, 9.17) is 18.7 Å². The lowest BCUT2D eigenvalue weighted by molar-refractivity contribution is -0.146. The average Bonchev–Trinajstić information content (AvgIpc) is 3.01. The molecule has 0 spiro atoms. The molecule has 0 N–H and O–H groups in total. The fraction of sp³-hybridized carbons (Fsp3) is 0.476. The van der Waals surface area contributed by atoms with Crippen molar-refractivity contribution in [3.8, 4) is 5.75 Å². The summed E-state index contributed by atoms with van der Waals surface area (Å²) in [5, 5.41) is 3.89. The largest absolute Gasteiger partial charge is 0.489 e. The molecule has 2 heterocycles. The molecular formula is C21H26N2O6. The number of benzene rings is 1. The standard InChI is InChI=1S/C21H26N2O6/c1-13-9-23(10-14(2)28-13)20(24)12-27-21(25)17-5-7-18(8-6-17)26-11-19-15(3)22-29-16(19)4/h5-8,13-14H,9-12H2,1-4H3/t13-,14-/m1/s1. The molecule has 2 aromatic rings. The van der Waals surface area contributed by atoms with Gasteiger partial charge >= 0.3 is 5.97 Å². The number of esters is 1. The third kappa shape index (κ3) is 5.35. The molecular weight excluding hydrogens is 376 g/mol. The van der Waals surface area contributed by atoms with Gasteiger partial charge in [0.2, 0.25) is 0 Å². The van der Waals surface area contributed by atoms with E-state index in [1.54, 1.807) is 29.2 Å². The smallest absolute Gasteiger partial charge is 0.338 e. The SMILES string of the molecule is Cc1noc(C)c1COc1ccc(C(=O)OCC(=O)N2C[C@@H](C)O[C@H](C)C2)cc1. The zero-order valence-electron chi connectivity index (χ0n) is 17.1. The van der Waals surface area contributed by atoms with Crippen molar-refractivity contribution in [2.45, 2.75) is 46.5 Å². The van der Waals surface area contributed by atoms with Crippen LogP contribution in [-0.2, 0) is 20.9 Å². The van der Waals surface area contributed by atoms with Crippen molar-refractivity contribution in [1.82, 2.24) is 10.1 Å². The van der Waals surface area contributed by atoms with Crippen LogP contribution in [0.25, 0.3) is 0 Å². The number of morpholine rings is 1. The molecule has 1 aromatic carbocycles. The molecule has 3 rings (SSSR count). The minimum Gasteiger partial charge on any atom is -0.489 e. The number of aromatic nitrogens is 1. The third-order valence-electron chi connectivity index (χ3n) is 4.75. The molecule has 0 aliphatic carbocycles. The fourth-order valence-corrected chi connectivity index (χ4v) is 3.23. The Bertz CT molecular complexity index is 831. The van der Waals surface area contributed by atoms with Crippen LogP contribution in [0, 0.1) is 13.8 Å². The maximum atomic E-state index is 12.3. The Hall–Kier alpha value is -2.87. The Morgan fingerprint density at radius 3 is 2.38 bits per heavy atom. The quantitative estimate of drug-likeness (QED) is 0.686. The molecule has 1 saturated heterocycles. The van der Waals surface area contributed by atoms with Crippen LogP contribution in [0.2, 0.25) is 0 Å². The van der Waals surface area contributed by atoms with E-state index in [2.05, 4.69) is 5.16 Å². The highest BCUT2D eigenvalue weighted by Crippen LogP contribution is 2.18. The van der Waals surface area contributed by atoms with E-state index in [1.807, 2.05) is 27.7 Å². The zero-order valence-corrected chi connectivity index (χ0v) is 17.1. The van der Waals surface area contributed by atoms with Gasteiger partial charge < -0.3 is 23.6 Å². The second-order valence-corrected chi connectivity index (χ2v) is 7.25. The van der Waals surface area contributed by atoms with Crippen LogP contribution in [0.5, 0.6) is 5.75 Å². The maximum Gasteiger partial charge on any atom is 0.338 e. The highest BCUT2D eigenvalue weighted by molar-refractivity contribution is 5.91. The van der Waals surface area contributed by atoms with Crippen molar-refractivity contribution in [1.29, 1.82) is 0 Å². The van der Waals surface area contributed by atoms with Crippen molar-refractivity contribution >= 4 is 11.9 Å². The maximum absolute atomic E-state index is 12.3. The molecule has 1 aliphatic rings. The topological polar surface area (TPSA) is 91.1 Å². The Balaban J connectivity index is 1.49. The second-order valence-electron chi connectivity index (χ2n) is 7.25. The van der Waals surface area contributed by atoms with Crippen LogP contribution in [0.1, 0.15) is 41.2 Å². The normalized spacial score (nSPS) is 19.1. The van der Waals surface area contributed by atoms with Crippen molar-refractivity contribution < 1.29 is 28.3 Å². The van der Waals surface area contributed by atoms with Crippen molar-refractivity contribution in [2.75, 3.05) is 19.7 Å². The number of aryl methyl sites for hydroxylation is 2. The molecule has 0 saturated carbocycles. The molecule has 29 heavy (non-hydrogen) atoms. The van der Waals surface area contributed by atoms with E-state index >= 15 is 0 Å². The molecule has 1 amide bonds. The van der Waals surface area contributed by atoms with Crippen molar-refractivity contribution in [3.05, 3.63) is 46.8 Å². The van der Waals surface area contributed by atoms with E-state index in [1.165, 1.54) is 0 Å².